The Labute approximate surface area is 149 Å². The van der Waals surface area contributed by atoms with Gasteiger partial charge in [0.15, 0.2) is 5.65 Å². The Balaban J connectivity index is 1.37. The molecule has 0 aliphatic carbocycles. The van der Waals surface area contributed by atoms with E-state index in [9.17, 15) is 8.78 Å². The molecule has 8 heteroatoms. The molecule has 1 saturated heterocycles. The largest absolute Gasteiger partial charge is 0.364 e. The molecule has 3 atom stereocenters. The van der Waals surface area contributed by atoms with Crippen molar-refractivity contribution in [2.75, 3.05) is 25.0 Å². The Bertz CT molecular complexity index is 855. The van der Waals surface area contributed by atoms with Gasteiger partial charge >= 0.3 is 0 Å². The van der Waals surface area contributed by atoms with Crippen molar-refractivity contribution in [2.45, 2.75) is 24.8 Å². The number of nitrogens with zero attached hydrogens (tertiary/aromatic N) is 4. The van der Waals surface area contributed by atoms with Gasteiger partial charge in [-0.3, -0.25) is 10.00 Å². The van der Waals surface area contributed by atoms with E-state index in [-0.39, 0.29) is 19.1 Å². The second-order valence-electron chi connectivity index (χ2n) is 6.55. The van der Waals surface area contributed by atoms with Crippen LogP contribution in [0.1, 0.15) is 18.2 Å². The molecule has 1 aromatic carbocycles. The third kappa shape index (κ3) is 3.50. The van der Waals surface area contributed by atoms with E-state index in [4.69, 9.17) is 0 Å². The average Bonchev–Trinajstić information content (AvgIpc) is 3.14. The second kappa shape index (κ2) is 7.33. The maximum atomic E-state index is 14.7. The minimum atomic E-state index is -1.11. The lowest BCUT2D eigenvalue weighted by atomic mass is 10.0. The molecule has 3 aromatic rings. The van der Waals surface area contributed by atoms with Crippen LogP contribution in [0.5, 0.6) is 0 Å². The number of aromatic nitrogens is 4. The molecule has 1 unspecified atom stereocenters. The summed E-state index contributed by atoms with van der Waals surface area (Å²) in [4.78, 5) is 10.1. The molecule has 1 fully saturated rings. The van der Waals surface area contributed by atoms with Crippen molar-refractivity contribution in [2.24, 2.45) is 0 Å². The fraction of sp³-hybridized carbons (Fsp3) is 0.389. The maximum Gasteiger partial charge on any atom is 0.160 e. The van der Waals surface area contributed by atoms with Crippen molar-refractivity contribution in [3.63, 3.8) is 0 Å². The van der Waals surface area contributed by atoms with Crippen LogP contribution in [-0.4, -0.2) is 56.9 Å². The second-order valence-corrected chi connectivity index (χ2v) is 6.55. The van der Waals surface area contributed by atoms with Crippen LogP contribution in [0.15, 0.2) is 42.9 Å². The topological polar surface area (TPSA) is 69.7 Å². The van der Waals surface area contributed by atoms with Crippen LogP contribution in [0.3, 0.4) is 0 Å². The first-order valence-corrected chi connectivity index (χ1v) is 8.67. The highest BCUT2D eigenvalue weighted by molar-refractivity contribution is 5.85. The number of likely N-dealkylation sites (tertiary alicyclic amines) is 1. The Morgan fingerprint density at radius 2 is 2.12 bits per heavy atom. The zero-order chi connectivity index (χ0) is 17.9. The Morgan fingerprint density at radius 1 is 1.27 bits per heavy atom. The number of fused-ring (bicyclic) bond motifs is 1. The lowest BCUT2D eigenvalue weighted by molar-refractivity contribution is 0.101. The van der Waals surface area contributed by atoms with E-state index < -0.39 is 12.3 Å². The van der Waals surface area contributed by atoms with E-state index in [0.29, 0.717) is 30.0 Å². The third-order valence-corrected chi connectivity index (χ3v) is 4.78. The highest BCUT2D eigenvalue weighted by atomic mass is 19.1. The minimum Gasteiger partial charge on any atom is -0.364 e. The van der Waals surface area contributed by atoms with Crippen LogP contribution >= 0.6 is 0 Å². The summed E-state index contributed by atoms with van der Waals surface area (Å²) in [6, 6.07) is 8.64. The number of hydrogen-bond donors (Lipinski definition) is 2. The lowest BCUT2D eigenvalue weighted by Gasteiger charge is -2.35. The molecular weight excluding hydrogens is 338 g/mol. The molecule has 2 aromatic heterocycles. The van der Waals surface area contributed by atoms with Crippen LogP contribution in [0.25, 0.3) is 11.0 Å². The van der Waals surface area contributed by atoms with E-state index in [1.165, 1.54) is 6.33 Å². The molecule has 0 spiro atoms. The Morgan fingerprint density at radius 3 is 2.92 bits per heavy atom. The normalized spacial score (nSPS) is 22.4. The van der Waals surface area contributed by atoms with E-state index in [2.05, 4.69) is 25.5 Å². The van der Waals surface area contributed by atoms with Crippen LogP contribution in [0.2, 0.25) is 0 Å². The van der Waals surface area contributed by atoms with E-state index in [1.807, 2.05) is 23.1 Å². The molecular formula is C18H20F2N6. The van der Waals surface area contributed by atoms with Crippen LogP contribution in [0, 0.1) is 0 Å². The monoisotopic (exact) mass is 358 g/mol. The number of rotatable bonds is 5. The first-order valence-electron chi connectivity index (χ1n) is 8.67. The molecule has 1 aliphatic heterocycles. The van der Waals surface area contributed by atoms with E-state index >= 15 is 0 Å². The van der Waals surface area contributed by atoms with Crippen LogP contribution in [-0.2, 0) is 0 Å². The molecule has 0 radical (unpaired) electrons. The lowest BCUT2D eigenvalue weighted by Crippen LogP contribution is -2.48. The fourth-order valence-electron chi connectivity index (χ4n) is 3.35. The van der Waals surface area contributed by atoms with Crippen molar-refractivity contribution in [1.82, 2.24) is 25.1 Å². The molecule has 26 heavy (non-hydrogen) atoms. The number of H-pyrrole nitrogens is 1. The summed E-state index contributed by atoms with van der Waals surface area (Å²) < 4.78 is 29.1. The summed E-state index contributed by atoms with van der Waals surface area (Å²) in [5.41, 5.74) is 1.24. The van der Waals surface area contributed by atoms with Crippen molar-refractivity contribution >= 4 is 16.9 Å². The van der Waals surface area contributed by atoms with Gasteiger partial charge in [0.25, 0.3) is 0 Å². The SMILES string of the molecule is FC(CN1CC[C@@H](Nc2ncnc3[nH]ncc23)[C@H](F)C1)c1ccccc1. The number of halogens is 2. The first-order chi connectivity index (χ1) is 12.7. The molecule has 3 heterocycles. The number of aromatic amines is 1. The van der Waals surface area contributed by atoms with Crippen LogP contribution < -0.4 is 5.32 Å². The average molecular weight is 358 g/mol. The van der Waals surface area contributed by atoms with Gasteiger partial charge in [0.1, 0.15) is 24.5 Å². The fourth-order valence-corrected chi connectivity index (χ4v) is 3.35. The number of piperidine rings is 1. The summed E-state index contributed by atoms with van der Waals surface area (Å²) in [7, 11) is 0. The Hall–Kier alpha value is -2.61. The number of hydrogen-bond acceptors (Lipinski definition) is 5. The molecule has 0 amide bonds. The quantitative estimate of drug-likeness (QED) is 0.734. The summed E-state index contributed by atoms with van der Waals surface area (Å²) in [6.07, 6.45) is 1.39. The minimum absolute atomic E-state index is 0.199. The molecule has 6 nitrogen and oxygen atoms in total. The number of benzene rings is 1. The molecule has 2 N–H and O–H groups in total. The summed E-state index contributed by atoms with van der Waals surface area (Å²) in [5, 5.41) is 10.6. The zero-order valence-corrected chi connectivity index (χ0v) is 14.1. The molecule has 4 rings (SSSR count). The molecule has 0 saturated carbocycles. The van der Waals surface area contributed by atoms with E-state index in [1.54, 1.807) is 18.3 Å². The van der Waals surface area contributed by atoms with Gasteiger partial charge in [-0.1, -0.05) is 30.3 Å². The number of alkyl halides is 2. The summed E-state index contributed by atoms with van der Waals surface area (Å²) in [6.45, 7) is 1.03. The smallest absolute Gasteiger partial charge is 0.160 e. The first kappa shape index (κ1) is 16.8. The predicted octanol–water partition coefficient (Wildman–Crippen LogP) is 2.89. The van der Waals surface area contributed by atoms with E-state index in [0.717, 1.165) is 5.39 Å². The predicted molar refractivity (Wildman–Crippen MR) is 95.3 cm³/mol. The summed E-state index contributed by atoms with van der Waals surface area (Å²) in [5.74, 6) is 0.567. The molecule has 0 bridgehead atoms. The number of nitrogens with one attached hydrogen (secondary N) is 2. The van der Waals surface area contributed by atoms with Gasteiger partial charge < -0.3 is 5.32 Å². The Kier molecular flexibility index (Phi) is 4.75. The molecule has 1 aliphatic rings. The highest BCUT2D eigenvalue weighted by Gasteiger charge is 2.31. The standard InChI is InChI=1S/C18H20F2N6/c19-14(12-4-2-1-3-5-12)9-26-7-6-16(15(20)10-26)24-17-13-8-23-25-18(13)22-11-21-17/h1-5,8,11,14-16H,6-7,9-10H2,(H2,21,22,23,24,25)/t14?,15-,16-/m1/s1. The highest BCUT2D eigenvalue weighted by Crippen LogP contribution is 2.25. The van der Waals surface area contributed by atoms with Gasteiger partial charge in [-0.05, 0) is 12.0 Å². The van der Waals surface area contributed by atoms with Crippen molar-refractivity contribution in [3.8, 4) is 0 Å². The van der Waals surface area contributed by atoms with Gasteiger partial charge in [-0.2, -0.15) is 5.10 Å². The third-order valence-electron chi connectivity index (χ3n) is 4.78. The number of anilines is 1. The van der Waals surface area contributed by atoms with Crippen molar-refractivity contribution in [3.05, 3.63) is 48.4 Å². The van der Waals surface area contributed by atoms with Gasteiger partial charge in [-0.25, -0.2) is 18.7 Å². The molecule has 136 valence electrons. The van der Waals surface area contributed by atoms with Crippen molar-refractivity contribution < 1.29 is 8.78 Å². The van der Waals surface area contributed by atoms with Gasteiger partial charge in [0.2, 0.25) is 0 Å². The zero-order valence-electron chi connectivity index (χ0n) is 14.1. The van der Waals surface area contributed by atoms with Gasteiger partial charge in [-0.15, -0.1) is 0 Å². The maximum absolute atomic E-state index is 14.7. The van der Waals surface area contributed by atoms with Gasteiger partial charge in [0, 0.05) is 19.6 Å². The summed E-state index contributed by atoms with van der Waals surface area (Å²) >= 11 is 0. The van der Waals surface area contributed by atoms with Crippen molar-refractivity contribution in [1.29, 1.82) is 0 Å². The van der Waals surface area contributed by atoms with Gasteiger partial charge in [0.05, 0.1) is 17.6 Å². The van der Waals surface area contributed by atoms with Crippen LogP contribution in [0.4, 0.5) is 14.6 Å².